The van der Waals surface area contributed by atoms with E-state index in [0.717, 1.165) is 17.7 Å². The molecule has 2 atom stereocenters. The minimum absolute atomic E-state index is 0.0381. The zero-order valence-electron chi connectivity index (χ0n) is 14.9. The Balaban J connectivity index is 1.84. The van der Waals surface area contributed by atoms with Crippen LogP contribution in [-0.4, -0.2) is 60.3 Å². The van der Waals surface area contributed by atoms with E-state index in [2.05, 4.69) is 16.6 Å². The number of oxime groups is 1. The van der Waals surface area contributed by atoms with Gasteiger partial charge in [-0.1, -0.05) is 35.0 Å². The van der Waals surface area contributed by atoms with Crippen LogP contribution < -0.4 is 0 Å². The second kappa shape index (κ2) is 9.92. The van der Waals surface area contributed by atoms with Crippen molar-refractivity contribution in [3.05, 3.63) is 47.5 Å². The van der Waals surface area contributed by atoms with Gasteiger partial charge < -0.3 is 14.7 Å². The quantitative estimate of drug-likeness (QED) is 0.646. The van der Waals surface area contributed by atoms with E-state index in [4.69, 9.17) is 21.2 Å². The van der Waals surface area contributed by atoms with Gasteiger partial charge in [0.15, 0.2) is 0 Å². The first-order valence-electron chi connectivity index (χ1n) is 8.59. The first-order chi connectivity index (χ1) is 12.0. The molecule has 0 aliphatic carbocycles. The van der Waals surface area contributed by atoms with Crippen molar-refractivity contribution in [2.75, 3.05) is 26.2 Å². The molecule has 1 N–H and O–H groups in total. The van der Waals surface area contributed by atoms with E-state index >= 15 is 0 Å². The Kier molecular flexibility index (Phi) is 7.90. The molecule has 5 nitrogen and oxygen atoms in total. The van der Waals surface area contributed by atoms with Crippen molar-refractivity contribution >= 4 is 17.3 Å². The highest BCUT2D eigenvalue weighted by molar-refractivity contribution is 6.30. The van der Waals surface area contributed by atoms with Gasteiger partial charge in [-0.25, -0.2) is 0 Å². The zero-order valence-corrected chi connectivity index (χ0v) is 15.7. The summed E-state index contributed by atoms with van der Waals surface area (Å²) in [6.45, 7) is 9.88. The lowest BCUT2D eigenvalue weighted by atomic mass is 10.0. The highest BCUT2D eigenvalue weighted by Gasteiger charge is 2.25. The number of halogens is 1. The fourth-order valence-electron chi connectivity index (χ4n) is 2.69. The number of aliphatic hydroxyl groups is 1. The van der Waals surface area contributed by atoms with Crippen LogP contribution in [0.3, 0.4) is 0 Å². The van der Waals surface area contributed by atoms with Gasteiger partial charge in [-0.2, -0.15) is 0 Å². The summed E-state index contributed by atoms with van der Waals surface area (Å²) in [5.74, 6) is 0. The van der Waals surface area contributed by atoms with Crippen molar-refractivity contribution in [1.29, 1.82) is 0 Å². The second-order valence-corrected chi connectivity index (χ2v) is 6.96. The number of rotatable bonds is 10. The molecule has 1 aromatic rings. The van der Waals surface area contributed by atoms with Gasteiger partial charge in [-0.05, 0) is 31.5 Å². The molecule has 1 aliphatic heterocycles. The molecule has 1 heterocycles. The maximum atomic E-state index is 10.1. The summed E-state index contributed by atoms with van der Waals surface area (Å²) in [6.07, 6.45) is 2.08. The van der Waals surface area contributed by atoms with Gasteiger partial charge in [0, 0.05) is 31.1 Å². The Morgan fingerprint density at radius 1 is 1.44 bits per heavy atom. The number of ether oxygens (including phenoxy) is 1. The minimum atomic E-state index is -0.541. The third-order valence-electron chi connectivity index (χ3n) is 3.85. The minimum Gasteiger partial charge on any atom is -0.390 e. The molecule has 138 valence electrons. The number of hydrogen-bond acceptors (Lipinski definition) is 5. The monoisotopic (exact) mass is 366 g/mol. The summed E-state index contributed by atoms with van der Waals surface area (Å²) >= 11 is 5.92. The molecule has 6 heteroatoms. The lowest BCUT2D eigenvalue weighted by Gasteiger charge is -2.26. The maximum Gasteiger partial charge on any atom is 0.145 e. The molecule has 1 aromatic carbocycles. The van der Waals surface area contributed by atoms with Gasteiger partial charge in [0.25, 0.3) is 0 Å². The van der Waals surface area contributed by atoms with Crippen LogP contribution in [0, 0.1) is 0 Å². The Morgan fingerprint density at radius 3 is 2.80 bits per heavy atom. The summed E-state index contributed by atoms with van der Waals surface area (Å²) in [5, 5.41) is 15.0. The summed E-state index contributed by atoms with van der Waals surface area (Å²) in [5.41, 5.74) is 1.94. The third-order valence-corrected chi connectivity index (χ3v) is 4.10. The van der Waals surface area contributed by atoms with Crippen LogP contribution in [0.2, 0.25) is 5.02 Å². The molecule has 25 heavy (non-hydrogen) atoms. The summed E-state index contributed by atoms with van der Waals surface area (Å²) in [7, 11) is 0. The van der Waals surface area contributed by atoms with Crippen molar-refractivity contribution in [3.8, 4) is 0 Å². The summed E-state index contributed by atoms with van der Waals surface area (Å²) < 4.78 is 5.47. The fraction of sp³-hybridized carbons (Fsp3) is 0.526. The van der Waals surface area contributed by atoms with Crippen molar-refractivity contribution in [2.24, 2.45) is 5.16 Å². The summed E-state index contributed by atoms with van der Waals surface area (Å²) in [6, 6.07) is 7.59. The van der Waals surface area contributed by atoms with Gasteiger partial charge in [0.05, 0.1) is 24.5 Å². The smallest absolute Gasteiger partial charge is 0.145 e. The first-order valence-corrected chi connectivity index (χ1v) is 8.97. The fourth-order valence-corrected chi connectivity index (χ4v) is 2.81. The number of nitrogens with zero attached hydrogens (tertiary/aromatic N) is 2. The molecule has 2 rings (SSSR count). The largest absolute Gasteiger partial charge is 0.390 e. The average Bonchev–Trinajstić information content (AvgIpc) is 3.02. The Bertz CT molecular complexity index is 575. The van der Waals surface area contributed by atoms with Gasteiger partial charge in [0.1, 0.15) is 6.10 Å². The van der Waals surface area contributed by atoms with Crippen molar-refractivity contribution < 1.29 is 14.7 Å². The zero-order chi connectivity index (χ0) is 18.2. The molecule has 0 unspecified atom stereocenters. The highest BCUT2D eigenvalue weighted by atomic mass is 35.5. The van der Waals surface area contributed by atoms with Crippen molar-refractivity contribution in [3.63, 3.8) is 0 Å². The normalized spacial score (nSPS) is 18.3. The third kappa shape index (κ3) is 6.78. The van der Waals surface area contributed by atoms with Crippen LogP contribution in [0.4, 0.5) is 0 Å². The lowest BCUT2D eigenvalue weighted by Crippen LogP contribution is -2.40. The van der Waals surface area contributed by atoms with Crippen LogP contribution >= 0.6 is 11.6 Å². The lowest BCUT2D eigenvalue weighted by molar-refractivity contribution is -0.0158. The van der Waals surface area contributed by atoms with E-state index in [1.807, 2.05) is 44.2 Å². The first kappa shape index (κ1) is 19.9. The molecular weight excluding hydrogens is 340 g/mol. The maximum absolute atomic E-state index is 10.1. The van der Waals surface area contributed by atoms with E-state index < -0.39 is 6.10 Å². The van der Waals surface area contributed by atoms with Crippen LogP contribution in [0.15, 0.2) is 42.1 Å². The molecule has 0 radical (unpaired) electrons. The molecule has 0 saturated carbocycles. The molecule has 0 bridgehead atoms. The topological polar surface area (TPSA) is 54.3 Å². The Morgan fingerprint density at radius 2 is 2.16 bits per heavy atom. The molecule has 0 fully saturated rings. The highest BCUT2D eigenvalue weighted by Crippen LogP contribution is 2.19. The molecule has 0 aromatic heterocycles. The molecule has 0 amide bonds. The molecule has 0 spiro atoms. The molecular formula is C19H27ClN2O3. The van der Waals surface area contributed by atoms with Crippen LogP contribution in [0.25, 0.3) is 0 Å². The number of benzene rings is 1. The van der Waals surface area contributed by atoms with E-state index in [1.54, 1.807) is 0 Å². The van der Waals surface area contributed by atoms with E-state index in [-0.39, 0.29) is 12.2 Å². The predicted molar refractivity (Wildman–Crippen MR) is 101 cm³/mol. The Hall–Kier alpha value is -1.40. The molecule has 1 aliphatic rings. The van der Waals surface area contributed by atoms with Crippen molar-refractivity contribution in [2.45, 2.75) is 38.6 Å². The van der Waals surface area contributed by atoms with Crippen LogP contribution in [0.5, 0.6) is 0 Å². The van der Waals surface area contributed by atoms with E-state index in [1.165, 1.54) is 0 Å². The number of aliphatic hydroxyl groups excluding tert-OH is 1. The van der Waals surface area contributed by atoms with Gasteiger partial charge in [0.2, 0.25) is 0 Å². The molecule has 0 saturated heterocycles. The van der Waals surface area contributed by atoms with Crippen LogP contribution in [-0.2, 0) is 9.57 Å². The Labute approximate surface area is 154 Å². The standard InChI is InChI=1S/C19H27ClN2O3/c1-4-9-22(11-17(23)13-24-14(2)3)12-18-10-19(21-25-18)15-5-7-16(20)8-6-15/h4-8,14,17-18,23H,1,9-13H2,2-3H3/t17-,18+/m0/s1. The van der Waals surface area contributed by atoms with Gasteiger partial charge in [-0.15, -0.1) is 6.58 Å². The summed E-state index contributed by atoms with van der Waals surface area (Å²) in [4.78, 5) is 7.68. The second-order valence-electron chi connectivity index (χ2n) is 6.52. The van der Waals surface area contributed by atoms with Gasteiger partial charge >= 0.3 is 0 Å². The van der Waals surface area contributed by atoms with Crippen molar-refractivity contribution in [1.82, 2.24) is 4.90 Å². The SMILES string of the molecule is C=CCN(C[C@H](O)COC(C)C)C[C@H]1CC(c2ccc(Cl)cc2)=NO1. The van der Waals surface area contributed by atoms with Crippen LogP contribution in [0.1, 0.15) is 25.8 Å². The predicted octanol–water partition coefficient (Wildman–Crippen LogP) is 3.11. The van der Waals surface area contributed by atoms with E-state index in [9.17, 15) is 5.11 Å². The average molecular weight is 367 g/mol. The number of hydrogen-bond donors (Lipinski definition) is 1. The van der Waals surface area contributed by atoms with E-state index in [0.29, 0.717) is 31.3 Å². The van der Waals surface area contributed by atoms with Gasteiger partial charge in [-0.3, -0.25) is 4.90 Å².